The zero-order chi connectivity index (χ0) is 24.6. The van der Waals surface area contributed by atoms with E-state index < -0.39 is 5.60 Å². The number of likely N-dealkylation sites (tertiary alicyclic amines) is 1. The van der Waals surface area contributed by atoms with Gasteiger partial charge in [0.15, 0.2) is 0 Å². The van der Waals surface area contributed by atoms with E-state index >= 15 is 0 Å². The van der Waals surface area contributed by atoms with E-state index in [0.717, 1.165) is 24.8 Å². The van der Waals surface area contributed by atoms with Crippen LogP contribution in [-0.2, 0) is 16.1 Å². The number of hydrogen-bond acceptors (Lipinski definition) is 5. The maximum Gasteiger partial charge on any atom is 0.410 e. The first-order valence-electron chi connectivity index (χ1n) is 12.2. The lowest BCUT2D eigenvalue weighted by Crippen LogP contribution is -2.53. The highest BCUT2D eigenvalue weighted by atomic mass is 16.6. The molecule has 1 aromatic rings. The van der Waals surface area contributed by atoms with Crippen LogP contribution in [0.1, 0.15) is 45.6 Å². The molecule has 34 heavy (non-hydrogen) atoms. The number of rotatable bonds is 5. The Hall–Kier alpha value is -2.97. The first kappa shape index (κ1) is 25.6. The topological polar surface area (TPSA) is 91.4 Å². The highest BCUT2D eigenvalue weighted by Gasteiger charge is 2.28. The molecule has 188 valence electrons. The minimum Gasteiger partial charge on any atom is -0.445 e. The highest BCUT2D eigenvalue weighted by Crippen LogP contribution is 2.22. The molecule has 1 aromatic carbocycles. The Morgan fingerprint density at radius 1 is 0.882 bits per heavy atom. The van der Waals surface area contributed by atoms with Gasteiger partial charge in [-0.15, -0.1) is 0 Å². The second-order valence-electron chi connectivity index (χ2n) is 9.95. The second-order valence-corrected chi connectivity index (χ2v) is 9.95. The molecule has 4 amide bonds. The smallest absolute Gasteiger partial charge is 0.410 e. The summed E-state index contributed by atoms with van der Waals surface area (Å²) < 4.78 is 10.8. The molecule has 2 heterocycles. The van der Waals surface area contributed by atoms with Crippen LogP contribution < -0.4 is 5.32 Å². The molecular weight excluding hydrogens is 436 g/mol. The molecule has 0 unspecified atom stereocenters. The lowest BCUT2D eigenvalue weighted by molar-refractivity contribution is 0.0181. The van der Waals surface area contributed by atoms with Crippen LogP contribution in [0.4, 0.5) is 14.4 Å². The van der Waals surface area contributed by atoms with Crippen molar-refractivity contribution in [2.24, 2.45) is 5.92 Å². The van der Waals surface area contributed by atoms with Crippen molar-refractivity contribution in [3.8, 4) is 0 Å². The molecule has 2 aliphatic rings. The predicted molar refractivity (Wildman–Crippen MR) is 128 cm³/mol. The number of urea groups is 1. The summed E-state index contributed by atoms with van der Waals surface area (Å²) in [6, 6.07) is 9.48. The number of benzene rings is 1. The number of amides is 4. The first-order chi connectivity index (χ1) is 16.2. The molecular formula is C25H38N4O5. The Balaban J connectivity index is 1.28. The summed E-state index contributed by atoms with van der Waals surface area (Å²) in [6.07, 6.45) is 2.13. The van der Waals surface area contributed by atoms with Crippen molar-refractivity contribution in [2.45, 2.75) is 52.2 Å². The van der Waals surface area contributed by atoms with E-state index in [4.69, 9.17) is 9.47 Å². The fraction of sp³-hybridized carbons (Fsp3) is 0.640. The summed E-state index contributed by atoms with van der Waals surface area (Å²) in [5, 5.41) is 3.00. The van der Waals surface area contributed by atoms with Crippen molar-refractivity contribution in [1.82, 2.24) is 20.0 Å². The Bertz CT molecular complexity index is 810. The Morgan fingerprint density at radius 3 is 2.09 bits per heavy atom. The summed E-state index contributed by atoms with van der Waals surface area (Å²) >= 11 is 0. The summed E-state index contributed by atoms with van der Waals surface area (Å²) in [5.41, 5.74) is 0.469. The van der Waals surface area contributed by atoms with E-state index in [-0.39, 0.29) is 24.8 Å². The third kappa shape index (κ3) is 8.11. The number of carbonyl (C=O) groups excluding carboxylic acids is 3. The highest BCUT2D eigenvalue weighted by molar-refractivity contribution is 5.75. The molecule has 0 spiro atoms. The average molecular weight is 475 g/mol. The van der Waals surface area contributed by atoms with Gasteiger partial charge in [-0.2, -0.15) is 0 Å². The molecule has 2 saturated heterocycles. The molecule has 9 nitrogen and oxygen atoms in total. The SMILES string of the molecule is CC(C)(C)OC(=O)N1CCC(CCNC(=O)N2CCN(C(=O)OCc3ccccc3)CC2)CC1. The molecule has 0 aliphatic carbocycles. The van der Waals surface area contributed by atoms with E-state index in [1.165, 1.54) is 0 Å². The molecule has 9 heteroatoms. The Morgan fingerprint density at radius 2 is 1.47 bits per heavy atom. The van der Waals surface area contributed by atoms with Gasteiger partial charge >= 0.3 is 18.2 Å². The maximum absolute atomic E-state index is 12.5. The monoisotopic (exact) mass is 474 g/mol. The van der Waals surface area contributed by atoms with Crippen molar-refractivity contribution in [3.63, 3.8) is 0 Å². The van der Waals surface area contributed by atoms with Crippen LogP contribution in [0, 0.1) is 5.92 Å². The fourth-order valence-electron chi connectivity index (χ4n) is 4.13. The quantitative estimate of drug-likeness (QED) is 0.703. The summed E-state index contributed by atoms with van der Waals surface area (Å²) in [6.45, 7) is 9.75. The molecule has 3 rings (SSSR count). The molecule has 0 aromatic heterocycles. The number of carbonyl (C=O) groups is 3. The normalized spacial score (nSPS) is 17.3. The van der Waals surface area contributed by atoms with E-state index in [1.54, 1.807) is 14.7 Å². The third-order valence-corrected chi connectivity index (χ3v) is 6.13. The molecule has 0 radical (unpaired) electrons. The van der Waals surface area contributed by atoms with Crippen LogP contribution in [0.25, 0.3) is 0 Å². The summed E-state index contributed by atoms with van der Waals surface area (Å²) in [5.74, 6) is 0.482. The molecule has 0 atom stereocenters. The largest absolute Gasteiger partial charge is 0.445 e. The van der Waals surface area contributed by atoms with Gasteiger partial charge in [0.1, 0.15) is 12.2 Å². The predicted octanol–water partition coefficient (Wildman–Crippen LogP) is 3.69. The van der Waals surface area contributed by atoms with Gasteiger partial charge in [-0.05, 0) is 51.5 Å². The minimum absolute atomic E-state index is 0.0940. The van der Waals surface area contributed by atoms with Crippen LogP contribution in [0.5, 0.6) is 0 Å². The van der Waals surface area contributed by atoms with Gasteiger partial charge in [0.2, 0.25) is 0 Å². The van der Waals surface area contributed by atoms with Gasteiger partial charge in [0.25, 0.3) is 0 Å². The maximum atomic E-state index is 12.5. The zero-order valence-electron chi connectivity index (χ0n) is 20.6. The van der Waals surface area contributed by atoms with E-state index in [9.17, 15) is 14.4 Å². The third-order valence-electron chi connectivity index (χ3n) is 6.13. The van der Waals surface area contributed by atoms with E-state index in [0.29, 0.717) is 51.7 Å². The van der Waals surface area contributed by atoms with Crippen LogP contribution >= 0.6 is 0 Å². The van der Waals surface area contributed by atoms with Gasteiger partial charge in [0.05, 0.1) is 0 Å². The number of nitrogens with zero attached hydrogens (tertiary/aromatic N) is 3. The molecule has 2 fully saturated rings. The van der Waals surface area contributed by atoms with Crippen molar-refractivity contribution in [1.29, 1.82) is 0 Å². The van der Waals surface area contributed by atoms with Crippen molar-refractivity contribution in [2.75, 3.05) is 45.8 Å². The van der Waals surface area contributed by atoms with Crippen molar-refractivity contribution in [3.05, 3.63) is 35.9 Å². The Labute approximate surface area is 202 Å². The number of piperidine rings is 1. The van der Waals surface area contributed by atoms with Crippen LogP contribution in [-0.4, -0.2) is 84.3 Å². The number of piperazine rings is 1. The Kier molecular flexibility index (Phi) is 9.01. The van der Waals surface area contributed by atoms with Gasteiger partial charge in [-0.3, -0.25) is 0 Å². The molecule has 0 bridgehead atoms. The van der Waals surface area contributed by atoms with E-state index in [2.05, 4.69) is 5.32 Å². The lowest BCUT2D eigenvalue weighted by Gasteiger charge is -2.35. The fourth-order valence-corrected chi connectivity index (χ4v) is 4.13. The van der Waals surface area contributed by atoms with Gasteiger partial charge < -0.3 is 29.5 Å². The van der Waals surface area contributed by atoms with Crippen molar-refractivity contribution >= 4 is 18.2 Å². The van der Waals surface area contributed by atoms with Crippen LogP contribution in [0.2, 0.25) is 0 Å². The minimum atomic E-state index is -0.480. The summed E-state index contributed by atoms with van der Waals surface area (Å²) in [7, 11) is 0. The average Bonchev–Trinajstić information content (AvgIpc) is 2.82. The zero-order valence-corrected chi connectivity index (χ0v) is 20.6. The van der Waals surface area contributed by atoms with Crippen molar-refractivity contribution < 1.29 is 23.9 Å². The second kappa shape index (κ2) is 11.9. The van der Waals surface area contributed by atoms with Gasteiger partial charge in [-0.1, -0.05) is 30.3 Å². The van der Waals surface area contributed by atoms with E-state index in [1.807, 2.05) is 51.1 Å². The lowest BCUT2D eigenvalue weighted by atomic mass is 9.94. The number of nitrogens with one attached hydrogen (secondary N) is 1. The number of ether oxygens (including phenoxy) is 2. The standard InChI is InChI=1S/C25H38N4O5/c1-25(2,3)34-24(32)28-13-10-20(11-14-28)9-12-26-22(30)27-15-17-29(18-16-27)23(31)33-19-21-7-5-4-6-8-21/h4-8,20H,9-19H2,1-3H3,(H,26,30). The molecule has 1 N–H and O–H groups in total. The number of hydrogen-bond donors (Lipinski definition) is 1. The van der Waals surface area contributed by atoms with Gasteiger partial charge in [-0.25, -0.2) is 14.4 Å². The van der Waals surface area contributed by atoms with Crippen LogP contribution in [0.3, 0.4) is 0 Å². The van der Waals surface area contributed by atoms with Crippen LogP contribution in [0.15, 0.2) is 30.3 Å². The molecule has 0 saturated carbocycles. The first-order valence-corrected chi connectivity index (χ1v) is 12.2. The summed E-state index contributed by atoms with van der Waals surface area (Å²) in [4.78, 5) is 42.1. The van der Waals surface area contributed by atoms with Gasteiger partial charge in [0, 0.05) is 45.8 Å². The molecule has 2 aliphatic heterocycles.